The zero-order valence-corrected chi connectivity index (χ0v) is 14.5. The number of nitrogens with zero attached hydrogens (tertiary/aromatic N) is 2. The van der Waals surface area contributed by atoms with Crippen LogP contribution < -0.4 is 5.73 Å². The molecule has 112 valence electrons. The largest absolute Gasteiger partial charge is 0.409 e. The number of hydrogen-bond donors (Lipinski definition) is 2. The highest BCUT2D eigenvalue weighted by atomic mass is 79.9. The Hall–Kier alpha value is -1.30. The number of halogens is 3. The molecule has 0 atom stereocenters. The number of aromatic nitrogens is 1. The summed E-state index contributed by atoms with van der Waals surface area (Å²) in [5.74, 6) is -0.171. The lowest BCUT2D eigenvalue weighted by atomic mass is 10.1. The van der Waals surface area contributed by atoms with Crippen molar-refractivity contribution in [3.05, 3.63) is 50.7 Å². The predicted molar refractivity (Wildman–Crippen MR) is 91.3 cm³/mol. The average molecular weight is 391 g/mol. The minimum Gasteiger partial charge on any atom is -0.409 e. The monoisotopic (exact) mass is 389 g/mol. The van der Waals surface area contributed by atoms with Crippen LogP contribution in [0.15, 0.2) is 40.0 Å². The smallest absolute Gasteiger partial charge is 0.190 e. The highest BCUT2D eigenvalue weighted by Crippen LogP contribution is 2.39. The third-order valence-electron chi connectivity index (χ3n) is 2.45. The van der Waals surface area contributed by atoms with Crippen molar-refractivity contribution in [2.45, 2.75) is 13.8 Å². The van der Waals surface area contributed by atoms with Crippen molar-refractivity contribution in [1.29, 1.82) is 0 Å². The van der Waals surface area contributed by atoms with Gasteiger partial charge in [-0.05, 0) is 21.5 Å². The summed E-state index contributed by atoms with van der Waals surface area (Å²) in [5.41, 5.74) is 7.12. The van der Waals surface area contributed by atoms with Crippen molar-refractivity contribution in [3.63, 3.8) is 0 Å². The third kappa shape index (κ3) is 3.87. The van der Waals surface area contributed by atoms with Gasteiger partial charge in [-0.25, -0.2) is 4.98 Å². The molecule has 1 aromatic carbocycles. The van der Waals surface area contributed by atoms with E-state index in [0.29, 0.717) is 15.1 Å². The molecule has 0 fully saturated rings. The van der Waals surface area contributed by atoms with E-state index < -0.39 is 0 Å². The molecule has 0 spiro atoms. The van der Waals surface area contributed by atoms with Gasteiger partial charge in [0.05, 0.1) is 9.50 Å². The topological polar surface area (TPSA) is 71.5 Å². The minimum absolute atomic E-state index is 0.171. The fourth-order valence-corrected chi connectivity index (χ4v) is 2.69. The van der Waals surface area contributed by atoms with Crippen LogP contribution in [-0.4, -0.2) is 16.0 Å². The number of nitrogens with two attached hydrogens (primary N) is 1. The Balaban J connectivity index is 0.00000106. The first-order chi connectivity index (χ1) is 10.1. The Morgan fingerprint density at radius 2 is 1.81 bits per heavy atom. The second kappa shape index (κ2) is 8.22. The van der Waals surface area contributed by atoms with Gasteiger partial charge in [-0.2, -0.15) is 0 Å². The van der Waals surface area contributed by atoms with E-state index in [2.05, 4.69) is 26.1 Å². The summed E-state index contributed by atoms with van der Waals surface area (Å²) in [6.07, 6.45) is 0. The number of benzene rings is 1. The molecule has 3 N–H and O–H groups in total. The first-order valence-electron chi connectivity index (χ1n) is 6.14. The Bertz CT molecular complexity index is 648. The molecule has 4 nitrogen and oxygen atoms in total. The fourth-order valence-electron chi connectivity index (χ4n) is 1.58. The van der Waals surface area contributed by atoms with Gasteiger partial charge in [0.2, 0.25) is 0 Å². The minimum atomic E-state index is -0.171. The van der Waals surface area contributed by atoms with E-state index >= 15 is 0 Å². The maximum atomic E-state index is 8.70. The lowest BCUT2D eigenvalue weighted by Crippen LogP contribution is -2.16. The molecule has 0 aliphatic carbocycles. The molecule has 21 heavy (non-hydrogen) atoms. The van der Waals surface area contributed by atoms with Gasteiger partial charge in [0.1, 0.15) is 10.8 Å². The Kier molecular flexibility index (Phi) is 6.95. The SMILES string of the molecule is CC.N/C(=N/O)c1nc(Cl)c(-c2ccccc2)c(Cl)c1Br. The van der Waals surface area contributed by atoms with Crippen LogP contribution >= 0.6 is 39.1 Å². The predicted octanol–water partition coefficient (Wildman–Crippen LogP) is 4.94. The molecule has 0 radical (unpaired) electrons. The molecule has 2 rings (SSSR count). The van der Waals surface area contributed by atoms with E-state index in [0.717, 1.165) is 5.56 Å². The highest BCUT2D eigenvalue weighted by molar-refractivity contribution is 9.10. The van der Waals surface area contributed by atoms with E-state index in [-0.39, 0.29) is 16.7 Å². The van der Waals surface area contributed by atoms with E-state index in [4.69, 9.17) is 34.1 Å². The van der Waals surface area contributed by atoms with Gasteiger partial charge in [-0.1, -0.05) is 72.5 Å². The first-order valence-corrected chi connectivity index (χ1v) is 7.69. The lowest BCUT2D eigenvalue weighted by Gasteiger charge is -2.11. The van der Waals surface area contributed by atoms with Crippen molar-refractivity contribution in [3.8, 4) is 11.1 Å². The molecule has 1 heterocycles. The lowest BCUT2D eigenvalue weighted by molar-refractivity contribution is 0.318. The van der Waals surface area contributed by atoms with Crippen LogP contribution in [-0.2, 0) is 0 Å². The molecular formula is C14H14BrCl2N3O. The Labute approximate surface area is 141 Å². The molecule has 7 heteroatoms. The zero-order valence-electron chi connectivity index (χ0n) is 11.4. The molecular weight excluding hydrogens is 377 g/mol. The van der Waals surface area contributed by atoms with Gasteiger partial charge in [-0.15, -0.1) is 0 Å². The summed E-state index contributed by atoms with van der Waals surface area (Å²) in [6, 6.07) is 9.36. The zero-order chi connectivity index (χ0) is 16.0. The van der Waals surface area contributed by atoms with Gasteiger partial charge < -0.3 is 10.9 Å². The number of rotatable bonds is 2. The van der Waals surface area contributed by atoms with Gasteiger partial charge in [0, 0.05) is 5.56 Å². The van der Waals surface area contributed by atoms with Crippen LogP contribution in [0, 0.1) is 0 Å². The van der Waals surface area contributed by atoms with Crippen LogP contribution in [0.4, 0.5) is 0 Å². The normalized spacial score (nSPS) is 10.8. The number of amidine groups is 1. The Morgan fingerprint density at radius 1 is 1.24 bits per heavy atom. The van der Waals surface area contributed by atoms with Crippen LogP contribution in [0.1, 0.15) is 19.5 Å². The van der Waals surface area contributed by atoms with Crippen LogP contribution in [0.25, 0.3) is 11.1 Å². The van der Waals surface area contributed by atoms with Gasteiger partial charge in [-0.3, -0.25) is 0 Å². The first kappa shape index (κ1) is 17.8. The summed E-state index contributed by atoms with van der Waals surface area (Å²) in [4.78, 5) is 4.10. The van der Waals surface area contributed by atoms with Crippen molar-refractivity contribution in [2.24, 2.45) is 10.9 Å². The van der Waals surface area contributed by atoms with E-state index in [1.165, 1.54) is 0 Å². The van der Waals surface area contributed by atoms with E-state index in [1.54, 1.807) is 0 Å². The van der Waals surface area contributed by atoms with E-state index in [9.17, 15) is 0 Å². The summed E-state index contributed by atoms with van der Waals surface area (Å²) in [5, 5.41) is 12.1. The molecule has 0 saturated heterocycles. The molecule has 0 aliphatic rings. The van der Waals surface area contributed by atoms with Gasteiger partial charge in [0.25, 0.3) is 0 Å². The maximum Gasteiger partial charge on any atom is 0.190 e. The molecule has 2 aromatic rings. The van der Waals surface area contributed by atoms with Gasteiger partial charge in [0.15, 0.2) is 5.84 Å². The highest BCUT2D eigenvalue weighted by Gasteiger charge is 2.19. The molecule has 0 bridgehead atoms. The van der Waals surface area contributed by atoms with Crippen LogP contribution in [0.2, 0.25) is 10.2 Å². The Morgan fingerprint density at radius 3 is 2.33 bits per heavy atom. The quantitative estimate of drug-likeness (QED) is 0.251. The summed E-state index contributed by atoms with van der Waals surface area (Å²) >= 11 is 15.7. The van der Waals surface area contributed by atoms with Crippen molar-refractivity contribution < 1.29 is 5.21 Å². The van der Waals surface area contributed by atoms with Crippen LogP contribution in [0.3, 0.4) is 0 Å². The van der Waals surface area contributed by atoms with Crippen molar-refractivity contribution >= 4 is 45.0 Å². The molecule has 0 aliphatic heterocycles. The van der Waals surface area contributed by atoms with E-state index in [1.807, 2.05) is 44.2 Å². The number of oxime groups is 1. The fraction of sp³-hybridized carbons (Fsp3) is 0.143. The average Bonchev–Trinajstić information content (AvgIpc) is 2.53. The third-order valence-corrected chi connectivity index (χ3v) is 4.10. The molecule has 0 saturated carbocycles. The molecule has 0 amide bonds. The number of hydrogen-bond acceptors (Lipinski definition) is 3. The standard InChI is InChI=1S/C12H8BrCl2N3O.C2H6/c13-8-9(14)7(6-4-2-1-3-5-6)11(15)17-10(8)12(16)18-19;1-2/h1-5,19H,(H2,16,18);1-2H3. The summed E-state index contributed by atoms with van der Waals surface area (Å²) in [6.45, 7) is 4.00. The summed E-state index contributed by atoms with van der Waals surface area (Å²) < 4.78 is 0.424. The number of pyridine rings is 1. The van der Waals surface area contributed by atoms with Gasteiger partial charge >= 0.3 is 0 Å². The summed E-state index contributed by atoms with van der Waals surface area (Å²) in [7, 11) is 0. The van der Waals surface area contributed by atoms with Crippen LogP contribution in [0.5, 0.6) is 0 Å². The second-order valence-corrected chi connectivity index (χ2v) is 5.13. The van der Waals surface area contributed by atoms with Crippen molar-refractivity contribution in [1.82, 2.24) is 4.98 Å². The molecule has 0 unspecified atom stereocenters. The second-order valence-electron chi connectivity index (χ2n) is 3.61. The molecule has 1 aromatic heterocycles. The maximum absolute atomic E-state index is 8.70. The van der Waals surface area contributed by atoms with Crippen molar-refractivity contribution in [2.75, 3.05) is 0 Å².